The second-order valence-corrected chi connectivity index (χ2v) is 4.20. The lowest BCUT2D eigenvalue weighted by atomic mass is 10.2. The van der Waals surface area contributed by atoms with Crippen LogP contribution in [0.2, 0.25) is 0 Å². The predicted octanol–water partition coefficient (Wildman–Crippen LogP) is 2.55. The molecule has 0 atom stereocenters. The maximum Gasteiger partial charge on any atom is 0.251 e. The van der Waals surface area contributed by atoms with E-state index in [2.05, 4.69) is 5.32 Å². The maximum absolute atomic E-state index is 11.8. The quantitative estimate of drug-likeness (QED) is 0.814. The Morgan fingerprint density at radius 3 is 2.72 bits per heavy atom. The Balaban J connectivity index is 2.85. The van der Waals surface area contributed by atoms with E-state index >= 15 is 0 Å². The first-order valence-electron chi connectivity index (χ1n) is 6.27. The first kappa shape index (κ1) is 14.2. The molecular weight excluding hydrogens is 228 g/mol. The normalized spacial score (nSPS) is 11.4. The Hall–Kier alpha value is -1.84. The molecule has 0 fully saturated rings. The number of rotatable bonds is 5. The molecular formula is C14H20N2O2. The van der Waals surface area contributed by atoms with Crippen LogP contribution in [0.1, 0.15) is 33.6 Å². The number of amides is 1. The van der Waals surface area contributed by atoms with Gasteiger partial charge in [0, 0.05) is 24.4 Å². The van der Waals surface area contributed by atoms with Gasteiger partial charge < -0.3 is 9.88 Å². The van der Waals surface area contributed by atoms with Crippen LogP contribution in [0.15, 0.2) is 34.8 Å². The average Bonchev–Trinajstić information content (AvgIpc) is 2.34. The van der Waals surface area contributed by atoms with Crippen LogP contribution in [0.5, 0.6) is 0 Å². The van der Waals surface area contributed by atoms with Crippen molar-refractivity contribution in [2.45, 2.75) is 40.2 Å². The third-order valence-electron chi connectivity index (χ3n) is 2.57. The minimum absolute atomic E-state index is 0.0457. The number of aryl methyl sites for hydroxylation is 1. The second-order valence-electron chi connectivity index (χ2n) is 4.20. The number of aromatic nitrogens is 1. The lowest BCUT2D eigenvalue weighted by Crippen LogP contribution is -2.20. The van der Waals surface area contributed by atoms with Crippen molar-refractivity contribution in [2.75, 3.05) is 5.32 Å². The van der Waals surface area contributed by atoms with E-state index in [9.17, 15) is 9.59 Å². The molecule has 0 saturated carbocycles. The number of carbonyl (C=O) groups is 1. The summed E-state index contributed by atoms with van der Waals surface area (Å²) in [5, 5.41) is 2.79. The summed E-state index contributed by atoms with van der Waals surface area (Å²) in [6.07, 6.45) is 5.26. The Labute approximate surface area is 107 Å². The molecule has 1 rings (SSSR count). The van der Waals surface area contributed by atoms with Gasteiger partial charge in [0.1, 0.15) is 0 Å². The molecule has 1 N–H and O–H groups in total. The van der Waals surface area contributed by atoms with Crippen molar-refractivity contribution in [1.29, 1.82) is 0 Å². The summed E-state index contributed by atoms with van der Waals surface area (Å²) in [6.45, 7) is 6.43. The first-order chi connectivity index (χ1) is 8.58. The molecule has 18 heavy (non-hydrogen) atoms. The van der Waals surface area contributed by atoms with Crippen LogP contribution in [0.3, 0.4) is 0 Å². The zero-order valence-electron chi connectivity index (χ0n) is 11.2. The lowest BCUT2D eigenvalue weighted by Gasteiger charge is -2.08. The van der Waals surface area contributed by atoms with Gasteiger partial charge in [-0.2, -0.15) is 0 Å². The number of allylic oxidation sites excluding steroid dienone is 1. The fourth-order valence-electron chi connectivity index (χ4n) is 1.65. The number of pyridine rings is 1. The van der Waals surface area contributed by atoms with Gasteiger partial charge in [-0.05, 0) is 25.8 Å². The molecule has 0 unspecified atom stereocenters. The molecule has 4 nitrogen and oxygen atoms in total. The van der Waals surface area contributed by atoms with E-state index in [-0.39, 0.29) is 11.5 Å². The predicted molar refractivity (Wildman–Crippen MR) is 73.7 cm³/mol. The summed E-state index contributed by atoms with van der Waals surface area (Å²) in [6, 6.07) is 3.11. The second kappa shape index (κ2) is 6.79. The summed E-state index contributed by atoms with van der Waals surface area (Å²) >= 11 is 0. The fourth-order valence-corrected chi connectivity index (χ4v) is 1.65. The van der Waals surface area contributed by atoms with E-state index in [1.54, 1.807) is 23.8 Å². The van der Waals surface area contributed by atoms with Crippen molar-refractivity contribution >= 4 is 11.6 Å². The molecule has 0 spiro atoms. The van der Waals surface area contributed by atoms with Crippen LogP contribution in [0.25, 0.3) is 0 Å². The summed E-state index contributed by atoms with van der Waals surface area (Å²) < 4.78 is 1.61. The van der Waals surface area contributed by atoms with E-state index in [4.69, 9.17) is 0 Å². The van der Waals surface area contributed by atoms with Gasteiger partial charge in [-0.25, -0.2) is 0 Å². The van der Waals surface area contributed by atoms with Gasteiger partial charge in [0.05, 0.1) is 5.69 Å². The molecule has 1 heterocycles. The Morgan fingerprint density at radius 2 is 2.11 bits per heavy atom. The van der Waals surface area contributed by atoms with Gasteiger partial charge in [-0.15, -0.1) is 0 Å². The van der Waals surface area contributed by atoms with Crippen molar-refractivity contribution in [3.05, 3.63) is 40.3 Å². The van der Waals surface area contributed by atoms with Gasteiger partial charge in [-0.1, -0.05) is 19.9 Å². The fraction of sp³-hybridized carbons (Fsp3) is 0.429. The third-order valence-corrected chi connectivity index (χ3v) is 2.57. The minimum atomic E-state index is -0.126. The standard InChI is InChI=1S/C14H20N2O2/c1-4-6-11(3)14(18)15-12-7-8-13(17)16(10-12)9-5-2/h6-8,10H,4-5,9H2,1-3H3,(H,15,18)/b11-6+. The summed E-state index contributed by atoms with van der Waals surface area (Å²) in [5.74, 6) is -0.126. The van der Waals surface area contributed by atoms with E-state index in [1.807, 2.05) is 19.9 Å². The SMILES string of the molecule is CC/C=C(\C)C(=O)Nc1ccc(=O)n(CCC)c1. The Kier molecular flexibility index (Phi) is 5.36. The topological polar surface area (TPSA) is 51.1 Å². The molecule has 0 aromatic carbocycles. The average molecular weight is 248 g/mol. The number of anilines is 1. The summed E-state index contributed by atoms with van der Waals surface area (Å²) in [5.41, 5.74) is 1.29. The maximum atomic E-state index is 11.8. The van der Waals surface area contributed by atoms with E-state index in [1.165, 1.54) is 6.07 Å². The van der Waals surface area contributed by atoms with Crippen LogP contribution in [-0.4, -0.2) is 10.5 Å². The van der Waals surface area contributed by atoms with Crippen molar-refractivity contribution in [2.24, 2.45) is 0 Å². The molecule has 0 saturated heterocycles. The summed E-state index contributed by atoms with van der Waals surface area (Å²) in [7, 11) is 0. The first-order valence-corrected chi connectivity index (χ1v) is 6.27. The highest BCUT2D eigenvalue weighted by Crippen LogP contribution is 2.06. The monoisotopic (exact) mass is 248 g/mol. The van der Waals surface area contributed by atoms with Gasteiger partial charge in [0.15, 0.2) is 0 Å². The Bertz CT molecular complexity index is 501. The molecule has 0 radical (unpaired) electrons. The summed E-state index contributed by atoms with van der Waals surface area (Å²) in [4.78, 5) is 23.3. The van der Waals surface area contributed by atoms with Crippen molar-refractivity contribution in [1.82, 2.24) is 4.57 Å². The van der Waals surface area contributed by atoms with Crippen molar-refractivity contribution in [3.8, 4) is 0 Å². The van der Waals surface area contributed by atoms with E-state index in [0.29, 0.717) is 17.8 Å². The van der Waals surface area contributed by atoms with Gasteiger partial charge in [-0.3, -0.25) is 9.59 Å². The molecule has 0 aliphatic rings. The molecule has 98 valence electrons. The van der Waals surface area contributed by atoms with Crippen molar-refractivity contribution < 1.29 is 4.79 Å². The number of nitrogens with zero attached hydrogens (tertiary/aromatic N) is 1. The van der Waals surface area contributed by atoms with Gasteiger partial charge >= 0.3 is 0 Å². The molecule has 1 aromatic heterocycles. The van der Waals surface area contributed by atoms with Crippen LogP contribution >= 0.6 is 0 Å². The molecule has 4 heteroatoms. The zero-order chi connectivity index (χ0) is 13.5. The van der Waals surface area contributed by atoms with Crippen molar-refractivity contribution in [3.63, 3.8) is 0 Å². The van der Waals surface area contributed by atoms with Crippen LogP contribution < -0.4 is 10.9 Å². The lowest BCUT2D eigenvalue weighted by molar-refractivity contribution is -0.112. The highest BCUT2D eigenvalue weighted by molar-refractivity contribution is 6.03. The Morgan fingerprint density at radius 1 is 1.39 bits per heavy atom. The van der Waals surface area contributed by atoms with Crippen LogP contribution in [0, 0.1) is 0 Å². The zero-order valence-corrected chi connectivity index (χ0v) is 11.2. The number of carbonyl (C=O) groups excluding carboxylic acids is 1. The number of hydrogen-bond donors (Lipinski definition) is 1. The van der Waals surface area contributed by atoms with Gasteiger partial charge in [0.25, 0.3) is 11.5 Å². The highest BCUT2D eigenvalue weighted by Gasteiger charge is 2.05. The molecule has 1 aromatic rings. The highest BCUT2D eigenvalue weighted by atomic mass is 16.1. The molecule has 0 aliphatic carbocycles. The van der Waals surface area contributed by atoms with Crippen LogP contribution in [0.4, 0.5) is 5.69 Å². The largest absolute Gasteiger partial charge is 0.321 e. The molecule has 0 bridgehead atoms. The van der Waals surface area contributed by atoms with E-state index < -0.39 is 0 Å². The smallest absolute Gasteiger partial charge is 0.251 e. The third kappa shape index (κ3) is 3.87. The number of hydrogen-bond acceptors (Lipinski definition) is 2. The molecule has 1 amide bonds. The molecule has 0 aliphatic heterocycles. The van der Waals surface area contributed by atoms with E-state index in [0.717, 1.165) is 12.8 Å². The number of nitrogens with one attached hydrogen (secondary N) is 1. The van der Waals surface area contributed by atoms with Crippen LogP contribution in [-0.2, 0) is 11.3 Å². The minimum Gasteiger partial charge on any atom is -0.321 e. The van der Waals surface area contributed by atoms with Gasteiger partial charge in [0.2, 0.25) is 0 Å².